The van der Waals surface area contributed by atoms with E-state index in [1.54, 1.807) is 0 Å². The second-order valence-corrected chi connectivity index (χ2v) is 4.58. The third-order valence-corrected chi connectivity index (χ3v) is 3.40. The number of halogens is 3. The van der Waals surface area contributed by atoms with Gasteiger partial charge in [-0.15, -0.1) is 0 Å². The lowest BCUT2D eigenvalue weighted by Gasteiger charge is -2.29. The lowest BCUT2D eigenvalue weighted by Crippen LogP contribution is -2.46. The summed E-state index contributed by atoms with van der Waals surface area (Å²) in [5.74, 6) is -0.389. The Morgan fingerprint density at radius 1 is 1.40 bits per heavy atom. The van der Waals surface area contributed by atoms with Crippen LogP contribution < -0.4 is 5.32 Å². The topological polar surface area (TPSA) is 29.1 Å². The number of hydrogen-bond acceptors (Lipinski definition) is 2. The molecule has 0 spiro atoms. The molecule has 2 aliphatic rings. The van der Waals surface area contributed by atoms with Crippen LogP contribution in [0.2, 0.25) is 0 Å². The van der Waals surface area contributed by atoms with Crippen LogP contribution in [0.3, 0.4) is 0 Å². The molecule has 2 fully saturated rings. The molecule has 15 heavy (non-hydrogen) atoms. The zero-order chi connectivity index (χ0) is 11.1. The average molecular weight is 221 g/mol. The zero-order valence-electron chi connectivity index (χ0n) is 8.36. The van der Waals surface area contributed by atoms with Crippen LogP contribution >= 0.6 is 0 Å². The molecule has 86 valence electrons. The standard InChI is InChI=1S/C10H14F3NO/c11-10(12,13)9(3-4-14-6-9)8(15)5-7-1-2-7/h7,14H,1-6H2. The van der Waals surface area contributed by atoms with Gasteiger partial charge >= 0.3 is 6.18 Å². The maximum Gasteiger partial charge on any atom is 0.402 e. The van der Waals surface area contributed by atoms with E-state index in [0.29, 0.717) is 0 Å². The van der Waals surface area contributed by atoms with Gasteiger partial charge in [-0.25, -0.2) is 0 Å². The first-order chi connectivity index (χ1) is 6.96. The van der Waals surface area contributed by atoms with E-state index in [-0.39, 0.29) is 31.8 Å². The minimum atomic E-state index is -4.40. The van der Waals surface area contributed by atoms with E-state index in [2.05, 4.69) is 5.32 Å². The van der Waals surface area contributed by atoms with Crippen molar-refractivity contribution in [3.63, 3.8) is 0 Å². The number of ketones is 1. The molecule has 0 aromatic rings. The first kappa shape index (κ1) is 10.9. The van der Waals surface area contributed by atoms with Crippen LogP contribution in [0.5, 0.6) is 0 Å². The Morgan fingerprint density at radius 3 is 2.47 bits per heavy atom. The molecule has 1 aliphatic heterocycles. The molecular formula is C10H14F3NO. The fourth-order valence-electron chi connectivity index (χ4n) is 2.11. The molecule has 1 saturated heterocycles. The number of carbonyl (C=O) groups is 1. The van der Waals surface area contributed by atoms with Gasteiger partial charge in [-0.3, -0.25) is 4.79 Å². The lowest BCUT2D eigenvalue weighted by molar-refractivity contribution is -0.214. The van der Waals surface area contributed by atoms with Crippen LogP contribution in [0.4, 0.5) is 13.2 Å². The molecule has 1 heterocycles. The van der Waals surface area contributed by atoms with Crippen molar-refractivity contribution in [2.75, 3.05) is 13.1 Å². The van der Waals surface area contributed by atoms with Gasteiger partial charge in [0.05, 0.1) is 0 Å². The van der Waals surface area contributed by atoms with Gasteiger partial charge in [0.25, 0.3) is 0 Å². The summed E-state index contributed by atoms with van der Waals surface area (Å²) in [6.45, 7) is 0.0535. The van der Waals surface area contributed by atoms with E-state index in [1.807, 2.05) is 0 Å². The van der Waals surface area contributed by atoms with E-state index < -0.39 is 17.4 Å². The summed E-state index contributed by atoms with van der Waals surface area (Å²) in [6, 6.07) is 0. The summed E-state index contributed by atoms with van der Waals surface area (Å²) in [7, 11) is 0. The number of nitrogens with one attached hydrogen (secondary N) is 1. The minimum absolute atomic E-state index is 0.0952. The number of alkyl halides is 3. The van der Waals surface area contributed by atoms with Gasteiger partial charge < -0.3 is 5.32 Å². The van der Waals surface area contributed by atoms with E-state index in [4.69, 9.17) is 0 Å². The number of rotatable bonds is 3. The molecule has 1 saturated carbocycles. The Morgan fingerprint density at radius 2 is 2.07 bits per heavy atom. The highest BCUT2D eigenvalue weighted by molar-refractivity contribution is 5.86. The fraction of sp³-hybridized carbons (Fsp3) is 0.900. The van der Waals surface area contributed by atoms with Crippen molar-refractivity contribution < 1.29 is 18.0 Å². The minimum Gasteiger partial charge on any atom is -0.315 e. The number of Topliss-reactive ketones (excluding diaryl/α,β-unsaturated/α-hetero) is 1. The van der Waals surface area contributed by atoms with Crippen molar-refractivity contribution in [1.29, 1.82) is 0 Å². The van der Waals surface area contributed by atoms with Crippen molar-refractivity contribution in [2.24, 2.45) is 11.3 Å². The molecule has 1 aliphatic carbocycles. The highest BCUT2D eigenvalue weighted by atomic mass is 19.4. The van der Waals surface area contributed by atoms with Gasteiger partial charge in [0.15, 0.2) is 0 Å². The van der Waals surface area contributed by atoms with E-state index in [1.165, 1.54) is 0 Å². The molecule has 0 aromatic carbocycles. The Bertz CT molecular complexity index is 264. The van der Waals surface area contributed by atoms with Gasteiger partial charge in [-0.2, -0.15) is 13.2 Å². The molecular weight excluding hydrogens is 207 g/mol. The third kappa shape index (κ3) is 1.89. The molecule has 1 N–H and O–H groups in total. The Labute approximate surface area is 86.2 Å². The molecule has 1 unspecified atom stereocenters. The maximum absolute atomic E-state index is 12.9. The third-order valence-electron chi connectivity index (χ3n) is 3.40. The predicted octanol–water partition coefficient (Wildman–Crippen LogP) is 1.90. The van der Waals surface area contributed by atoms with Crippen LogP contribution in [-0.4, -0.2) is 25.0 Å². The second-order valence-electron chi connectivity index (χ2n) is 4.58. The van der Waals surface area contributed by atoms with Gasteiger partial charge in [0, 0.05) is 13.0 Å². The first-order valence-electron chi connectivity index (χ1n) is 5.26. The van der Waals surface area contributed by atoms with Crippen LogP contribution in [-0.2, 0) is 4.79 Å². The smallest absolute Gasteiger partial charge is 0.315 e. The molecule has 0 amide bonds. The van der Waals surface area contributed by atoms with Gasteiger partial charge in [0.1, 0.15) is 11.2 Å². The molecule has 2 nitrogen and oxygen atoms in total. The second kappa shape index (κ2) is 3.47. The van der Waals surface area contributed by atoms with Crippen LogP contribution in [0, 0.1) is 11.3 Å². The zero-order valence-corrected chi connectivity index (χ0v) is 8.36. The molecule has 1 atom stereocenters. The summed E-state index contributed by atoms with van der Waals surface area (Å²) in [5, 5.41) is 2.65. The quantitative estimate of drug-likeness (QED) is 0.788. The molecule has 0 aromatic heterocycles. The first-order valence-corrected chi connectivity index (χ1v) is 5.26. The van der Waals surface area contributed by atoms with Gasteiger partial charge in [-0.1, -0.05) is 0 Å². The molecule has 0 bridgehead atoms. The summed E-state index contributed by atoms with van der Waals surface area (Å²) in [4.78, 5) is 11.7. The SMILES string of the molecule is O=C(CC1CC1)C1(C(F)(F)F)CCNC1. The van der Waals surface area contributed by atoms with Gasteiger partial charge in [0.2, 0.25) is 0 Å². The molecule has 2 rings (SSSR count). The number of hydrogen-bond donors (Lipinski definition) is 1. The predicted molar refractivity (Wildman–Crippen MR) is 48.3 cm³/mol. The highest BCUT2D eigenvalue weighted by Crippen LogP contribution is 2.46. The summed E-state index contributed by atoms with van der Waals surface area (Å²) in [5.41, 5.74) is -2.09. The van der Waals surface area contributed by atoms with Crippen molar-refractivity contribution in [1.82, 2.24) is 5.32 Å². The Hall–Kier alpha value is -0.580. The van der Waals surface area contributed by atoms with E-state index in [9.17, 15) is 18.0 Å². The van der Waals surface area contributed by atoms with E-state index >= 15 is 0 Å². The lowest BCUT2D eigenvalue weighted by atomic mass is 9.79. The summed E-state index contributed by atoms with van der Waals surface area (Å²) >= 11 is 0. The molecule has 0 radical (unpaired) electrons. The monoisotopic (exact) mass is 221 g/mol. The van der Waals surface area contributed by atoms with Crippen molar-refractivity contribution in [3.8, 4) is 0 Å². The fourth-order valence-corrected chi connectivity index (χ4v) is 2.11. The van der Waals surface area contributed by atoms with Crippen LogP contribution in [0.15, 0.2) is 0 Å². The Kier molecular flexibility index (Phi) is 2.53. The van der Waals surface area contributed by atoms with Crippen molar-refractivity contribution in [3.05, 3.63) is 0 Å². The largest absolute Gasteiger partial charge is 0.402 e. The van der Waals surface area contributed by atoms with Crippen LogP contribution in [0.25, 0.3) is 0 Å². The van der Waals surface area contributed by atoms with E-state index in [0.717, 1.165) is 12.8 Å². The highest BCUT2D eigenvalue weighted by Gasteiger charge is 2.60. The Balaban J connectivity index is 2.13. The summed E-state index contributed by atoms with van der Waals surface area (Å²) in [6.07, 6.45) is -2.56. The van der Waals surface area contributed by atoms with Crippen LogP contribution in [0.1, 0.15) is 25.7 Å². The normalized spacial score (nSPS) is 31.9. The average Bonchev–Trinajstić information content (AvgIpc) is 2.80. The van der Waals surface area contributed by atoms with Gasteiger partial charge in [-0.05, 0) is 31.7 Å². The van der Waals surface area contributed by atoms with Crippen molar-refractivity contribution >= 4 is 5.78 Å². The summed E-state index contributed by atoms with van der Waals surface area (Å²) < 4.78 is 38.6. The maximum atomic E-state index is 12.9. The number of carbonyl (C=O) groups excluding carboxylic acids is 1. The molecule has 5 heteroatoms. The van der Waals surface area contributed by atoms with Crippen molar-refractivity contribution in [2.45, 2.75) is 31.9 Å².